The summed E-state index contributed by atoms with van der Waals surface area (Å²) in [5.41, 5.74) is 7.10. The van der Waals surface area contributed by atoms with Crippen LogP contribution >= 0.6 is 0 Å². The lowest BCUT2D eigenvalue weighted by Gasteiger charge is -2.35. The van der Waals surface area contributed by atoms with E-state index in [1.54, 1.807) is 17.1 Å². The normalized spacial score (nSPS) is 25.3. The zero-order valence-electron chi connectivity index (χ0n) is 14.9. The molecule has 0 aromatic heterocycles. The van der Waals surface area contributed by atoms with E-state index < -0.39 is 0 Å². The van der Waals surface area contributed by atoms with E-state index in [0.717, 1.165) is 22.4 Å². The molecule has 0 radical (unpaired) electrons. The third kappa shape index (κ3) is 2.88. The van der Waals surface area contributed by atoms with Gasteiger partial charge in [0, 0.05) is 29.7 Å². The van der Waals surface area contributed by atoms with Gasteiger partial charge in [0.25, 0.3) is 5.91 Å². The number of hydrogen-bond donors (Lipinski definition) is 2. The molecule has 4 rings (SSSR count). The third-order valence-corrected chi connectivity index (χ3v) is 5.27. The van der Waals surface area contributed by atoms with E-state index in [9.17, 15) is 9.18 Å². The summed E-state index contributed by atoms with van der Waals surface area (Å²) in [6.45, 7) is 4.01. The second-order valence-corrected chi connectivity index (χ2v) is 7.03. The van der Waals surface area contributed by atoms with Gasteiger partial charge >= 0.3 is 0 Å². The Kier molecular flexibility index (Phi) is 4.24. The van der Waals surface area contributed by atoms with E-state index in [0.29, 0.717) is 6.42 Å². The lowest BCUT2D eigenvalue weighted by atomic mass is 9.89. The SMILES string of the molecule is CC1=C(Cc2ccccc2)C(=O)N2NC(C)C(c3ccc(F)cc3)C2N1. The van der Waals surface area contributed by atoms with Gasteiger partial charge in [0.05, 0.1) is 0 Å². The Morgan fingerprint density at radius 2 is 1.77 bits per heavy atom. The number of fused-ring (bicyclic) bond motifs is 1. The molecule has 2 aliphatic rings. The van der Waals surface area contributed by atoms with Gasteiger partial charge in [0.2, 0.25) is 0 Å². The van der Waals surface area contributed by atoms with Crippen LogP contribution in [-0.2, 0) is 11.2 Å². The van der Waals surface area contributed by atoms with Crippen LogP contribution in [0.25, 0.3) is 0 Å². The predicted octanol–water partition coefficient (Wildman–Crippen LogP) is 3.09. The first kappa shape index (κ1) is 16.8. The van der Waals surface area contributed by atoms with Crippen molar-refractivity contribution >= 4 is 5.91 Å². The van der Waals surface area contributed by atoms with Gasteiger partial charge in [-0.15, -0.1) is 0 Å². The van der Waals surface area contributed by atoms with Crippen LogP contribution in [0.5, 0.6) is 0 Å². The van der Waals surface area contributed by atoms with Crippen molar-refractivity contribution in [2.24, 2.45) is 0 Å². The smallest absolute Gasteiger partial charge is 0.267 e. The number of carbonyl (C=O) groups is 1. The standard InChI is InChI=1S/C21H22FN3O/c1-13-18(12-15-6-4-3-5-7-15)21(26)25-20(23-13)19(14(2)24-25)16-8-10-17(22)11-9-16/h3-11,14,19-20,23-24H,12H2,1-2H3. The number of carbonyl (C=O) groups excluding carboxylic acids is 1. The molecule has 5 heteroatoms. The molecule has 26 heavy (non-hydrogen) atoms. The maximum atomic E-state index is 13.3. The van der Waals surface area contributed by atoms with Crippen molar-refractivity contribution < 1.29 is 9.18 Å². The van der Waals surface area contributed by atoms with Crippen molar-refractivity contribution in [1.29, 1.82) is 0 Å². The highest BCUT2D eigenvalue weighted by atomic mass is 19.1. The lowest BCUT2D eigenvalue weighted by Crippen LogP contribution is -2.54. The number of hydrogen-bond acceptors (Lipinski definition) is 3. The number of nitrogens with zero attached hydrogens (tertiary/aromatic N) is 1. The van der Waals surface area contributed by atoms with Gasteiger partial charge in [-0.3, -0.25) is 9.80 Å². The molecule has 0 bridgehead atoms. The van der Waals surface area contributed by atoms with Crippen molar-refractivity contribution in [2.45, 2.75) is 38.4 Å². The van der Waals surface area contributed by atoms with E-state index in [1.165, 1.54) is 12.1 Å². The van der Waals surface area contributed by atoms with Crippen molar-refractivity contribution in [2.75, 3.05) is 0 Å². The maximum Gasteiger partial charge on any atom is 0.267 e. The van der Waals surface area contributed by atoms with Gasteiger partial charge in [-0.2, -0.15) is 0 Å². The molecule has 2 aromatic rings. The van der Waals surface area contributed by atoms with Gasteiger partial charge in [-0.25, -0.2) is 9.82 Å². The Morgan fingerprint density at radius 3 is 2.46 bits per heavy atom. The largest absolute Gasteiger partial charge is 0.367 e. The Labute approximate surface area is 152 Å². The zero-order valence-corrected chi connectivity index (χ0v) is 14.9. The Hall–Kier alpha value is -2.66. The fourth-order valence-electron chi connectivity index (χ4n) is 3.93. The summed E-state index contributed by atoms with van der Waals surface area (Å²) in [5, 5.41) is 5.20. The molecule has 134 valence electrons. The second kappa shape index (κ2) is 6.57. The molecule has 2 aliphatic heterocycles. The number of rotatable bonds is 3. The number of halogens is 1. The summed E-state index contributed by atoms with van der Waals surface area (Å²) >= 11 is 0. The molecule has 2 heterocycles. The fourth-order valence-corrected chi connectivity index (χ4v) is 3.93. The highest BCUT2D eigenvalue weighted by molar-refractivity contribution is 5.95. The van der Waals surface area contributed by atoms with E-state index in [4.69, 9.17) is 0 Å². The summed E-state index contributed by atoms with van der Waals surface area (Å²) in [6, 6.07) is 16.6. The number of hydrazine groups is 1. The molecule has 3 unspecified atom stereocenters. The first-order chi connectivity index (χ1) is 12.5. The first-order valence-corrected chi connectivity index (χ1v) is 8.90. The molecular formula is C21H22FN3O. The van der Waals surface area contributed by atoms with Gasteiger partial charge in [-0.05, 0) is 37.1 Å². The quantitative estimate of drug-likeness (QED) is 0.893. The monoisotopic (exact) mass is 351 g/mol. The van der Waals surface area contributed by atoms with Crippen LogP contribution in [0, 0.1) is 5.82 Å². The first-order valence-electron chi connectivity index (χ1n) is 8.90. The molecule has 0 saturated carbocycles. The molecule has 1 saturated heterocycles. The van der Waals surface area contributed by atoms with Crippen molar-refractivity contribution in [3.63, 3.8) is 0 Å². The summed E-state index contributed by atoms with van der Waals surface area (Å²) in [6.07, 6.45) is 0.418. The molecule has 2 N–H and O–H groups in total. The van der Waals surface area contributed by atoms with Crippen LogP contribution in [0.15, 0.2) is 65.9 Å². The maximum absolute atomic E-state index is 13.3. The van der Waals surface area contributed by atoms with Crippen LogP contribution in [0.2, 0.25) is 0 Å². The fraction of sp³-hybridized carbons (Fsp3) is 0.286. The minimum atomic E-state index is -0.252. The number of nitrogens with one attached hydrogen (secondary N) is 2. The molecule has 1 amide bonds. The molecule has 2 aromatic carbocycles. The van der Waals surface area contributed by atoms with Gasteiger partial charge in [-0.1, -0.05) is 42.5 Å². The Bertz CT molecular complexity index is 847. The zero-order chi connectivity index (χ0) is 18.3. The van der Waals surface area contributed by atoms with Crippen LogP contribution in [0.1, 0.15) is 30.9 Å². The molecule has 1 fully saturated rings. The topological polar surface area (TPSA) is 44.4 Å². The highest BCUT2D eigenvalue weighted by Crippen LogP contribution is 2.35. The number of allylic oxidation sites excluding steroid dienone is 1. The minimum absolute atomic E-state index is 0.00608. The number of benzene rings is 2. The minimum Gasteiger partial charge on any atom is -0.367 e. The summed E-state index contributed by atoms with van der Waals surface area (Å²) < 4.78 is 13.3. The third-order valence-electron chi connectivity index (χ3n) is 5.27. The summed E-state index contributed by atoms with van der Waals surface area (Å²) in [4.78, 5) is 13.1. The van der Waals surface area contributed by atoms with E-state index in [-0.39, 0.29) is 29.8 Å². The summed E-state index contributed by atoms with van der Waals surface area (Å²) in [7, 11) is 0. The number of amides is 1. The van der Waals surface area contributed by atoms with Crippen molar-refractivity contribution in [3.8, 4) is 0 Å². The van der Waals surface area contributed by atoms with Crippen LogP contribution < -0.4 is 10.7 Å². The predicted molar refractivity (Wildman–Crippen MR) is 98.4 cm³/mol. The lowest BCUT2D eigenvalue weighted by molar-refractivity contribution is -0.132. The van der Waals surface area contributed by atoms with E-state index >= 15 is 0 Å². The summed E-state index contributed by atoms with van der Waals surface area (Å²) in [5.74, 6) is -0.197. The average Bonchev–Trinajstić information content (AvgIpc) is 2.96. The van der Waals surface area contributed by atoms with Crippen molar-refractivity contribution in [1.82, 2.24) is 15.8 Å². The van der Waals surface area contributed by atoms with E-state index in [1.807, 2.05) is 44.2 Å². The van der Waals surface area contributed by atoms with Gasteiger partial charge in [0.15, 0.2) is 0 Å². The van der Waals surface area contributed by atoms with Crippen LogP contribution in [-0.4, -0.2) is 23.1 Å². The second-order valence-electron chi connectivity index (χ2n) is 7.03. The van der Waals surface area contributed by atoms with Crippen LogP contribution in [0.4, 0.5) is 4.39 Å². The highest BCUT2D eigenvalue weighted by Gasteiger charge is 2.46. The molecule has 0 aliphatic carbocycles. The molecule has 4 nitrogen and oxygen atoms in total. The Morgan fingerprint density at radius 1 is 1.08 bits per heavy atom. The average molecular weight is 351 g/mol. The van der Waals surface area contributed by atoms with Crippen molar-refractivity contribution in [3.05, 3.63) is 82.8 Å². The van der Waals surface area contributed by atoms with Gasteiger partial charge < -0.3 is 5.32 Å². The molecular weight excluding hydrogens is 329 g/mol. The molecule has 0 spiro atoms. The van der Waals surface area contributed by atoms with Crippen LogP contribution in [0.3, 0.4) is 0 Å². The Balaban J connectivity index is 1.63. The van der Waals surface area contributed by atoms with E-state index in [2.05, 4.69) is 10.7 Å². The molecule has 3 atom stereocenters. The van der Waals surface area contributed by atoms with Gasteiger partial charge in [0.1, 0.15) is 12.0 Å².